The Morgan fingerprint density at radius 1 is 1.41 bits per heavy atom. The monoisotopic (exact) mass is 493 g/mol. The first kappa shape index (κ1) is 24.1. The summed E-state index contributed by atoms with van der Waals surface area (Å²) < 4.78 is 10.8. The number of aromatic nitrogens is 2. The smallest absolute Gasteiger partial charge is 0.248 e. The van der Waals surface area contributed by atoms with E-state index in [1.807, 2.05) is 13.8 Å². The van der Waals surface area contributed by atoms with Gasteiger partial charge < -0.3 is 19.5 Å². The van der Waals surface area contributed by atoms with Crippen LogP contribution in [0.2, 0.25) is 0 Å². The molecule has 0 bridgehead atoms. The van der Waals surface area contributed by atoms with Crippen molar-refractivity contribution < 1.29 is 9.26 Å². The molecule has 7 nitrogen and oxygen atoms in total. The van der Waals surface area contributed by atoms with E-state index in [4.69, 9.17) is 14.3 Å². The van der Waals surface area contributed by atoms with Gasteiger partial charge in [0, 0.05) is 26.2 Å². The molecule has 1 fully saturated rings. The topological polar surface area (TPSA) is 75.8 Å². The predicted molar refractivity (Wildman–Crippen MR) is 118 cm³/mol. The lowest BCUT2D eigenvalue weighted by Crippen LogP contribution is -2.49. The third kappa shape index (κ3) is 7.21. The zero-order valence-corrected chi connectivity index (χ0v) is 19.8. The molecule has 0 spiro atoms. The highest BCUT2D eigenvalue weighted by Gasteiger charge is 2.31. The van der Waals surface area contributed by atoms with Gasteiger partial charge in [-0.15, -0.1) is 24.0 Å². The summed E-state index contributed by atoms with van der Waals surface area (Å²) in [6, 6.07) is 0. The van der Waals surface area contributed by atoms with E-state index >= 15 is 0 Å². The quantitative estimate of drug-likeness (QED) is 0.333. The van der Waals surface area contributed by atoms with Crippen LogP contribution in [-0.4, -0.2) is 47.2 Å². The van der Waals surface area contributed by atoms with Gasteiger partial charge in [-0.25, -0.2) is 4.99 Å². The first-order valence-electron chi connectivity index (χ1n) is 9.98. The van der Waals surface area contributed by atoms with E-state index in [-0.39, 0.29) is 30.1 Å². The molecule has 0 saturated carbocycles. The summed E-state index contributed by atoms with van der Waals surface area (Å²) in [5, 5.41) is 7.42. The molecular weight excluding hydrogens is 457 g/mol. The SMILES string of the molecule is CCCC1(C)CCCN(C(=NCc2nc(C(C)OCC)no2)NCC)C1.I. The Kier molecular flexibility index (Phi) is 10.6. The van der Waals surface area contributed by atoms with Crippen LogP contribution >= 0.6 is 24.0 Å². The maximum Gasteiger partial charge on any atom is 0.248 e. The van der Waals surface area contributed by atoms with Crippen LogP contribution in [0.15, 0.2) is 9.52 Å². The van der Waals surface area contributed by atoms with Gasteiger partial charge in [0.15, 0.2) is 11.8 Å². The number of rotatable bonds is 8. The van der Waals surface area contributed by atoms with Crippen molar-refractivity contribution in [3.8, 4) is 0 Å². The molecule has 156 valence electrons. The number of hydrogen-bond donors (Lipinski definition) is 1. The first-order chi connectivity index (χ1) is 12.5. The molecule has 0 radical (unpaired) electrons. The van der Waals surface area contributed by atoms with Gasteiger partial charge in [-0.3, -0.25) is 0 Å². The van der Waals surface area contributed by atoms with Gasteiger partial charge in [0.05, 0.1) is 0 Å². The van der Waals surface area contributed by atoms with Crippen LogP contribution in [0.1, 0.15) is 78.1 Å². The number of nitrogens with zero attached hydrogens (tertiary/aromatic N) is 4. The van der Waals surface area contributed by atoms with Crippen molar-refractivity contribution in [3.05, 3.63) is 11.7 Å². The van der Waals surface area contributed by atoms with E-state index in [0.29, 0.717) is 30.3 Å². The van der Waals surface area contributed by atoms with Crippen LogP contribution in [0.5, 0.6) is 0 Å². The lowest BCUT2D eigenvalue weighted by Gasteiger charge is -2.42. The third-order valence-electron chi connectivity index (χ3n) is 4.90. The summed E-state index contributed by atoms with van der Waals surface area (Å²) in [7, 11) is 0. The molecule has 0 aliphatic carbocycles. The van der Waals surface area contributed by atoms with Crippen LogP contribution in [0.25, 0.3) is 0 Å². The summed E-state index contributed by atoms with van der Waals surface area (Å²) in [6.45, 7) is 14.6. The zero-order valence-electron chi connectivity index (χ0n) is 17.5. The second kappa shape index (κ2) is 11.8. The Morgan fingerprint density at radius 2 is 2.19 bits per heavy atom. The number of aliphatic imine (C=N–C) groups is 1. The second-order valence-electron chi connectivity index (χ2n) is 7.40. The van der Waals surface area contributed by atoms with Crippen LogP contribution in [-0.2, 0) is 11.3 Å². The molecule has 1 N–H and O–H groups in total. The maximum absolute atomic E-state index is 5.51. The maximum atomic E-state index is 5.51. The molecule has 0 amide bonds. The van der Waals surface area contributed by atoms with Gasteiger partial charge in [-0.1, -0.05) is 25.4 Å². The molecule has 1 saturated heterocycles. The third-order valence-corrected chi connectivity index (χ3v) is 4.90. The van der Waals surface area contributed by atoms with Crippen molar-refractivity contribution in [2.24, 2.45) is 10.4 Å². The van der Waals surface area contributed by atoms with Crippen molar-refractivity contribution in [2.75, 3.05) is 26.2 Å². The zero-order chi connectivity index (χ0) is 19.0. The van der Waals surface area contributed by atoms with E-state index in [2.05, 4.69) is 41.1 Å². The molecule has 2 heterocycles. The molecule has 2 atom stereocenters. The van der Waals surface area contributed by atoms with E-state index in [1.54, 1.807) is 0 Å². The van der Waals surface area contributed by atoms with E-state index in [9.17, 15) is 0 Å². The molecule has 1 aromatic heterocycles. The fourth-order valence-corrected chi connectivity index (χ4v) is 3.69. The minimum absolute atomic E-state index is 0. The second-order valence-corrected chi connectivity index (χ2v) is 7.40. The van der Waals surface area contributed by atoms with Crippen molar-refractivity contribution in [3.63, 3.8) is 0 Å². The molecule has 27 heavy (non-hydrogen) atoms. The number of piperidine rings is 1. The van der Waals surface area contributed by atoms with Crippen LogP contribution in [0.4, 0.5) is 0 Å². The number of guanidine groups is 1. The minimum Gasteiger partial charge on any atom is -0.371 e. The Balaban J connectivity index is 0.00000364. The highest BCUT2D eigenvalue weighted by atomic mass is 127. The van der Waals surface area contributed by atoms with Gasteiger partial charge in [0.2, 0.25) is 5.89 Å². The molecule has 2 rings (SSSR count). The molecule has 1 aliphatic rings. The van der Waals surface area contributed by atoms with Gasteiger partial charge in [0.1, 0.15) is 12.6 Å². The predicted octanol–water partition coefficient (Wildman–Crippen LogP) is 4.15. The summed E-state index contributed by atoms with van der Waals surface area (Å²) >= 11 is 0. The van der Waals surface area contributed by atoms with Crippen LogP contribution in [0.3, 0.4) is 0 Å². The van der Waals surface area contributed by atoms with E-state index < -0.39 is 0 Å². The summed E-state index contributed by atoms with van der Waals surface area (Å²) in [5.74, 6) is 2.04. The standard InChI is InChI=1S/C19H35N5O2.HI/c1-6-10-19(5)11-9-12-24(14-19)18(20-7-2)21-13-16-22-17(23-26-16)15(4)25-8-3;/h15H,6-14H2,1-5H3,(H,20,21);1H. The Morgan fingerprint density at radius 3 is 2.85 bits per heavy atom. The fourth-order valence-electron chi connectivity index (χ4n) is 3.69. The van der Waals surface area contributed by atoms with E-state index in [0.717, 1.165) is 25.6 Å². The molecule has 0 aromatic carbocycles. The molecular formula is C19H36IN5O2. The summed E-state index contributed by atoms with van der Waals surface area (Å²) in [4.78, 5) is 11.5. The summed E-state index contributed by atoms with van der Waals surface area (Å²) in [5.41, 5.74) is 0.369. The van der Waals surface area contributed by atoms with Gasteiger partial charge >= 0.3 is 0 Å². The number of hydrogen-bond acceptors (Lipinski definition) is 5. The largest absolute Gasteiger partial charge is 0.371 e. The van der Waals surface area contributed by atoms with E-state index in [1.165, 1.54) is 25.7 Å². The Bertz CT molecular complexity index is 576. The van der Waals surface area contributed by atoms with Crippen LogP contribution in [0, 0.1) is 5.41 Å². The van der Waals surface area contributed by atoms with Gasteiger partial charge in [0.25, 0.3) is 0 Å². The average Bonchev–Trinajstić information content (AvgIpc) is 3.08. The van der Waals surface area contributed by atoms with Crippen molar-refractivity contribution in [2.45, 2.75) is 73.0 Å². The lowest BCUT2D eigenvalue weighted by molar-refractivity contribution is 0.0683. The molecule has 1 aliphatic heterocycles. The molecule has 8 heteroatoms. The fraction of sp³-hybridized carbons (Fsp3) is 0.842. The van der Waals surface area contributed by atoms with Gasteiger partial charge in [-0.2, -0.15) is 4.98 Å². The van der Waals surface area contributed by atoms with Crippen molar-refractivity contribution in [1.82, 2.24) is 20.4 Å². The minimum atomic E-state index is -0.161. The van der Waals surface area contributed by atoms with Crippen molar-refractivity contribution >= 4 is 29.9 Å². The average molecular weight is 493 g/mol. The Labute approximate surface area is 180 Å². The molecule has 1 aromatic rings. The highest BCUT2D eigenvalue weighted by molar-refractivity contribution is 14.0. The summed E-state index contributed by atoms with van der Waals surface area (Å²) in [6.07, 6.45) is 4.81. The number of nitrogens with one attached hydrogen (secondary N) is 1. The lowest BCUT2D eigenvalue weighted by atomic mass is 9.78. The normalized spacial score (nSPS) is 21.7. The number of ether oxygens (including phenoxy) is 1. The van der Waals surface area contributed by atoms with Crippen molar-refractivity contribution in [1.29, 1.82) is 0 Å². The molecule has 2 unspecified atom stereocenters. The number of likely N-dealkylation sites (tertiary alicyclic amines) is 1. The first-order valence-corrected chi connectivity index (χ1v) is 9.98. The number of halogens is 1. The van der Waals surface area contributed by atoms with Crippen LogP contribution < -0.4 is 5.32 Å². The van der Waals surface area contributed by atoms with Gasteiger partial charge in [-0.05, 0) is 45.4 Å². The Hall–Kier alpha value is -0.900. The highest BCUT2D eigenvalue weighted by Crippen LogP contribution is 2.33.